The van der Waals surface area contributed by atoms with Crippen LogP contribution in [0.25, 0.3) is 0 Å². The van der Waals surface area contributed by atoms with Gasteiger partial charge < -0.3 is 9.84 Å². The Morgan fingerprint density at radius 1 is 1.42 bits per heavy atom. The van der Waals surface area contributed by atoms with Crippen molar-refractivity contribution in [2.75, 3.05) is 40.4 Å². The molecule has 0 aliphatic carbocycles. The molecule has 0 saturated carbocycles. The minimum Gasteiger partial charge on any atom is -0.481 e. The summed E-state index contributed by atoms with van der Waals surface area (Å²) in [6.07, 6.45) is 1.37. The molecule has 0 aromatic rings. The van der Waals surface area contributed by atoms with Gasteiger partial charge in [-0.2, -0.15) is 17.0 Å². The molecule has 0 aromatic carbocycles. The highest BCUT2D eigenvalue weighted by molar-refractivity contribution is 7.86. The molecule has 1 heterocycles. The van der Waals surface area contributed by atoms with Crippen molar-refractivity contribution >= 4 is 16.2 Å². The lowest BCUT2D eigenvalue weighted by Crippen LogP contribution is -2.46. The topological polar surface area (TPSA) is 87.2 Å². The molecule has 0 bridgehead atoms. The average Bonchev–Trinajstić information content (AvgIpc) is 2.36. The summed E-state index contributed by atoms with van der Waals surface area (Å²) in [7, 11) is -0.476. The van der Waals surface area contributed by atoms with Crippen LogP contribution < -0.4 is 0 Å². The zero-order chi connectivity index (χ0) is 14.5. The Morgan fingerprint density at radius 2 is 2.00 bits per heavy atom. The van der Waals surface area contributed by atoms with Crippen molar-refractivity contribution in [3.63, 3.8) is 0 Å². The van der Waals surface area contributed by atoms with Gasteiger partial charge in [-0.15, -0.1) is 0 Å². The zero-order valence-electron chi connectivity index (χ0n) is 11.4. The van der Waals surface area contributed by atoms with E-state index in [9.17, 15) is 13.2 Å². The summed E-state index contributed by atoms with van der Waals surface area (Å²) >= 11 is 0. The van der Waals surface area contributed by atoms with Crippen molar-refractivity contribution < 1.29 is 23.1 Å². The van der Waals surface area contributed by atoms with Gasteiger partial charge in [-0.25, -0.2) is 0 Å². The second kappa shape index (κ2) is 7.18. The Balaban J connectivity index is 2.52. The number of rotatable bonds is 7. The second-order valence-electron chi connectivity index (χ2n) is 4.77. The molecule has 0 spiro atoms. The highest BCUT2D eigenvalue weighted by atomic mass is 32.2. The van der Waals surface area contributed by atoms with Crippen LogP contribution in [-0.4, -0.2) is 68.5 Å². The van der Waals surface area contributed by atoms with Crippen LogP contribution in [0.15, 0.2) is 0 Å². The Morgan fingerprint density at radius 3 is 2.47 bits per heavy atom. The predicted molar refractivity (Wildman–Crippen MR) is 70.0 cm³/mol. The normalized spacial score (nSPS) is 18.9. The maximum absolute atomic E-state index is 12.2. The van der Waals surface area contributed by atoms with Crippen LogP contribution in [0.1, 0.15) is 19.3 Å². The molecule has 1 N–H and O–H groups in total. The molecule has 112 valence electrons. The summed E-state index contributed by atoms with van der Waals surface area (Å²) in [6.45, 7) is 1.58. The van der Waals surface area contributed by atoms with Crippen molar-refractivity contribution in [2.45, 2.75) is 19.3 Å². The molecule has 0 amide bonds. The summed E-state index contributed by atoms with van der Waals surface area (Å²) in [5.41, 5.74) is 0. The number of aliphatic carboxylic acids is 1. The quantitative estimate of drug-likeness (QED) is 0.714. The Labute approximate surface area is 114 Å². The first-order valence-electron chi connectivity index (χ1n) is 6.30. The van der Waals surface area contributed by atoms with Gasteiger partial charge >= 0.3 is 5.97 Å². The average molecular weight is 294 g/mol. The van der Waals surface area contributed by atoms with Crippen LogP contribution in [0, 0.1) is 5.92 Å². The molecule has 1 saturated heterocycles. The molecule has 1 rings (SSSR count). The Hall–Kier alpha value is -0.700. The fourth-order valence-corrected chi connectivity index (χ4v) is 3.50. The van der Waals surface area contributed by atoms with Crippen molar-refractivity contribution in [2.24, 2.45) is 5.92 Å². The SMILES string of the molecule is COCC1CCN(S(=O)(=O)N(C)CCC(=O)O)CC1. The largest absolute Gasteiger partial charge is 0.481 e. The van der Waals surface area contributed by atoms with E-state index in [1.54, 1.807) is 7.11 Å². The van der Waals surface area contributed by atoms with Gasteiger partial charge in [0.25, 0.3) is 10.2 Å². The van der Waals surface area contributed by atoms with Gasteiger partial charge in [0, 0.05) is 40.4 Å². The van der Waals surface area contributed by atoms with Crippen LogP contribution in [0.5, 0.6) is 0 Å². The summed E-state index contributed by atoms with van der Waals surface area (Å²) in [5.74, 6) is -0.596. The Bertz CT molecular complexity index is 390. The number of nitrogens with zero attached hydrogens (tertiary/aromatic N) is 2. The molecule has 0 aromatic heterocycles. The smallest absolute Gasteiger partial charge is 0.304 e. The van der Waals surface area contributed by atoms with E-state index >= 15 is 0 Å². The number of hydrogen-bond donors (Lipinski definition) is 1. The summed E-state index contributed by atoms with van der Waals surface area (Å²) in [6, 6.07) is 0. The first-order chi connectivity index (χ1) is 8.87. The number of carboxylic acid groups (broad SMARTS) is 1. The van der Waals surface area contributed by atoms with Crippen molar-refractivity contribution in [3.8, 4) is 0 Å². The van der Waals surface area contributed by atoms with Gasteiger partial charge in [0.05, 0.1) is 6.42 Å². The summed E-state index contributed by atoms with van der Waals surface area (Å²) in [5, 5.41) is 8.58. The highest BCUT2D eigenvalue weighted by Gasteiger charge is 2.31. The van der Waals surface area contributed by atoms with Crippen LogP contribution in [0.2, 0.25) is 0 Å². The van der Waals surface area contributed by atoms with Crippen LogP contribution in [0.4, 0.5) is 0 Å². The van der Waals surface area contributed by atoms with Crippen LogP contribution >= 0.6 is 0 Å². The van der Waals surface area contributed by atoms with E-state index in [0.717, 1.165) is 17.1 Å². The molecule has 1 aliphatic heterocycles. The number of carbonyl (C=O) groups is 1. The van der Waals surface area contributed by atoms with Gasteiger partial charge in [0.1, 0.15) is 0 Å². The third-order valence-corrected chi connectivity index (χ3v) is 5.32. The van der Waals surface area contributed by atoms with E-state index in [1.165, 1.54) is 11.4 Å². The number of piperidine rings is 1. The summed E-state index contributed by atoms with van der Waals surface area (Å²) in [4.78, 5) is 10.5. The van der Waals surface area contributed by atoms with Gasteiger partial charge in [-0.1, -0.05) is 0 Å². The molecule has 0 unspecified atom stereocenters. The molecule has 8 heteroatoms. The molecular weight excluding hydrogens is 272 g/mol. The van der Waals surface area contributed by atoms with E-state index in [2.05, 4.69) is 0 Å². The molecule has 0 radical (unpaired) electrons. The molecule has 7 nitrogen and oxygen atoms in total. The molecule has 1 fully saturated rings. The molecular formula is C11H22N2O5S. The lowest BCUT2D eigenvalue weighted by Gasteiger charge is -2.33. The van der Waals surface area contributed by atoms with Crippen molar-refractivity contribution in [1.29, 1.82) is 0 Å². The number of ether oxygens (including phenoxy) is 1. The van der Waals surface area contributed by atoms with E-state index in [4.69, 9.17) is 9.84 Å². The monoisotopic (exact) mass is 294 g/mol. The molecule has 1 aliphatic rings. The van der Waals surface area contributed by atoms with Crippen molar-refractivity contribution in [1.82, 2.24) is 8.61 Å². The van der Waals surface area contributed by atoms with Crippen LogP contribution in [-0.2, 0) is 19.7 Å². The lowest BCUT2D eigenvalue weighted by atomic mass is 9.99. The molecule has 0 atom stereocenters. The van der Waals surface area contributed by atoms with E-state index in [0.29, 0.717) is 25.6 Å². The number of carboxylic acids is 1. The van der Waals surface area contributed by atoms with E-state index < -0.39 is 16.2 Å². The standard InChI is InChI=1S/C11H22N2O5S/c1-12(6-5-11(14)15)19(16,17)13-7-3-10(4-8-13)9-18-2/h10H,3-9H2,1-2H3,(H,14,15). The second-order valence-corrected chi connectivity index (χ2v) is 6.81. The minimum absolute atomic E-state index is 0.00430. The van der Waals surface area contributed by atoms with Crippen LogP contribution in [0.3, 0.4) is 0 Å². The van der Waals surface area contributed by atoms with Gasteiger partial charge in [0.2, 0.25) is 0 Å². The number of hydrogen-bond acceptors (Lipinski definition) is 4. The maximum Gasteiger partial charge on any atom is 0.304 e. The lowest BCUT2D eigenvalue weighted by molar-refractivity contribution is -0.137. The van der Waals surface area contributed by atoms with Crippen molar-refractivity contribution in [3.05, 3.63) is 0 Å². The first kappa shape index (κ1) is 16.4. The van der Waals surface area contributed by atoms with Gasteiger partial charge in [-0.3, -0.25) is 4.79 Å². The van der Waals surface area contributed by atoms with Gasteiger partial charge in [-0.05, 0) is 18.8 Å². The third kappa shape index (κ3) is 4.72. The maximum atomic E-state index is 12.2. The molecule has 19 heavy (non-hydrogen) atoms. The van der Waals surface area contributed by atoms with Gasteiger partial charge in [0.15, 0.2) is 0 Å². The highest BCUT2D eigenvalue weighted by Crippen LogP contribution is 2.21. The number of methoxy groups -OCH3 is 1. The summed E-state index contributed by atoms with van der Waals surface area (Å²) < 4.78 is 32.0. The third-order valence-electron chi connectivity index (χ3n) is 3.34. The Kier molecular flexibility index (Phi) is 6.18. The minimum atomic E-state index is -3.53. The fraction of sp³-hybridized carbons (Fsp3) is 0.909. The first-order valence-corrected chi connectivity index (χ1v) is 7.69. The van der Waals surface area contributed by atoms with E-state index in [-0.39, 0.29) is 13.0 Å². The predicted octanol–water partition coefficient (Wildman–Crippen LogP) is -0.00390. The zero-order valence-corrected chi connectivity index (χ0v) is 12.2. The van der Waals surface area contributed by atoms with E-state index in [1.807, 2.05) is 0 Å². The fourth-order valence-electron chi connectivity index (χ4n) is 2.11.